The van der Waals surface area contributed by atoms with E-state index in [4.69, 9.17) is 5.11 Å². The van der Waals surface area contributed by atoms with Gasteiger partial charge in [0.05, 0.1) is 19.0 Å². The summed E-state index contributed by atoms with van der Waals surface area (Å²) in [6.07, 6.45) is 5.93. The molecule has 0 bridgehead atoms. The fourth-order valence-electron chi connectivity index (χ4n) is 3.11. The third-order valence-electron chi connectivity index (χ3n) is 4.80. The number of aliphatic carboxylic acids is 1. The number of urea groups is 1. The number of carboxylic acids is 1. The molecule has 0 fully saturated rings. The Balaban J connectivity index is 0.00000342. The number of carbonyl (C=O) groups is 4. The van der Waals surface area contributed by atoms with E-state index in [9.17, 15) is 19.2 Å². The van der Waals surface area contributed by atoms with Crippen molar-refractivity contribution in [3.8, 4) is 0 Å². The third-order valence-corrected chi connectivity index (χ3v) is 4.80. The van der Waals surface area contributed by atoms with E-state index >= 15 is 0 Å². The molecular formula is C24H28N6O5. The van der Waals surface area contributed by atoms with Crippen LogP contribution in [0.5, 0.6) is 0 Å². The van der Waals surface area contributed by atoms with Crippen molar-refractivity contribution < 1.29 is 27.1 Å². The van der Waals surface area contributed by atoms with Gasteiger partial charge >= 0.3 is 12.0 Å². The van der Waals surface area contributed by atoms with Crippen molar-refractivity contribution in [2.75, 3.05) is 11.9 Å². The van der Waals surface area contributed by atoms with Crippen LogP contribution in [0.15, 0.2) is 73.3 Å². The zero-order valence-corrected chi connectivity index (χ0v) is 18.6. The van der Waals surface area contributed by atoms with Crippen LogP contribution < -0.4 is 21.3 Å². The number of hydrogen-bond acceptors (Lipinski definition) is 6. The van der Waals surface area contributed by atoms with E-state index in [-0.39, 0.29) is 21.4 Å². The molecule has 184 valence electrons. The molecule has 0 spiro atoms. The van der Waals surface area contributed by atoms with Crippen LogP contribution in [-0.4, -0.2) is 45.4 Å². The second kappa shape index (κ2) is 12.4. The summed E-state index contributed by atoms with van der Waals surface area (Å²) in [5.41, 5.74) is 2.05. The maximum absolute atomic E-state index is 12.5. The summed E-state index contributed by atoms with van der Waals surface area (Å²) in [6, 6.07) is 11.9. The summed E-state index contributed by atoms with van der Waals surface area (Å²) in [5, 5.41) is 19.6. The zero-order valence-electron chi connectivity index (χ0n) is 18.6. The first-order valence-electron chi connectivity index (χ1n) is 10.6. The van der Waals surface area contributed by atoms with Crippen LogP contribution in [0.2, 0.25) is 0 Å². The molecule has 0 saturated carbocycles. The standard InChI is InChI=1S/C24H24N6O5.2H2/c31-21(30-20(12-22(32)33)18-4-2-8-26-14-18)15-27-23(34)17-3-1-5-19(11-17)29-24(35)28-13-16-6-9-25-10-7-16;;/h1-11,14,20H,12-13,15H2,(H,27,34)(H,30,31)(H,32,33)(H2,28,29,35);2*1H. The number of carbonyl (C=O) groups excluding carboxylic acids is 3. The second-order valence-corrected chi connectivity index (χ2v) is 7.43. The van der Waals surface area contributed by atoms with Crippen LogP contribution in [0.3, 0.4) is 0 Å². The Hall–Kier alpha value is -4.80. The summed E-state index contributed by atoms with van der Waals surface area (Å²) < 4.78 is 0. The van der Waals surface area contributed by atoms with Crippen LogP contribution in [-0.2, 0) is 16.1 Å². The highest BCUT2D eigenvalue weighted by Gasteiger charge is 2.19. The van der Waals surface area contributed by atoms with Crippen LogP contribution in [0.4, 0.5) is 10.5 Å². The van der Waals surface area contributed by atoms with Crippen LogP contribution in [0.25, 0.3) is 0 Å². The van der Waals surface area contributed by atoms with Gasteiger partial charge in [-0.2, -0.15) is 0 Å². The number of pyridine rings is 2. The number of hydrogen-bond donors (Lipinski definition) is 5. The molecule has 0 aliphatic rings. The SMILES string of the molecule is O=C(O)CC(NC(=O)CNC(=O)c1cccc(NC(=O)NCc2ccncc2)c1)c1cccnc1.[HH].[HH]. The topological polar surface area (TPSA) is 162 Å². The number of benzene rings is 1. The molecule has 0 radical (unpaired) electrons. The molecular weight excluding hydrogens is 452 g/mol. The highest BCUT2D eigenvalue weighted by atomic mass is 16.4. The third kappa shape index (κ3) is 8.24. The fourth-order valence-corrected chi connectivity index (χ4v) is 3.11. The average Bonchev–Trinajstić information content (AvgIpc) is 2.86. The van der Waals surface area contributed by atoms with Crippen LogP contribution in [0.1, 0.15) is 36.8 Å². The van der Waals surface area contributed by atoms with Gasteiger partial charge < -0.3 is 26.4 Å². The van der Waals surface area contributed by atoms with Crippen molar-refractivity contribution in [1.29, 1.82) is 0 Å². The largest absolute Gasteiger partial charge is 0.481 e. The fraction of sp³-hybridized carbons (Fsp3) is 0.167. The van der Waals surface area contributed by atoms with Gasteiger partial charge in [-0.15, -0.1) is 0 Å². The Morgan fingerprint density at radius 2 is 1.74 bits per heavy atom. The van der Waals surface area contributed by atoms with Gasteiger partial charge in [-0.3, -0.25) is 24.4 Å². The monoisotopic (exact) mass is 480 g/mol. The number of nitrogens with zero attached hydrogens (tertiary/aromatic N) is 2. The number of aromatic nitrogens is 2. The molecule has 11 heteroatoms. The molecule has 0 aliphatic heterocycles. The molecule has 0 saturated heterocycles. The molecule has 0 aliphatic carbocycles. The molecule has 1 unspecified atom stereocenters. The molecule has 35 heavy (non-hydrogen) atoms. The van der Waals surface area contributed by atoms with Crippen molar-refractivity contribution in [2.24, 2.45) is 0 Å². The molecule has 2 heterocycles. The molecule has 3 aromatic rings. The van der Waals surface area contributed by atoms with E-state index in [1.54, 1.807) is 48.8 Å². The smallest absolute Gasteiger partial charge is 0.319 e. The molecule has 1 aromatic carbocycles. The first-order valence-corrected chi connectivity index (χ1v) is 10.6. The van der Waals surface area contributed by atoms with Crippen molar-refractivity contribution in [3.05, 3.63) is 90.0 Å². The van der Waals surface area contributed by atoms with Gasteiger partial charge in [-0.1, -0.05) is 12.1 Å². The summed E-state index contributed by atoms with van der Waals surface area (Å²) in [6.45, 7) is -0.0507. The van der Waals surface area contributed by atoms with E-state index in [0.717, 1.165) is 5.56 Å². The normalized spacial score (nSPS) is 11.1. The van der Waals surface area contributed by atoms with Gasteiger partial charge in [0, 0.05) is 45.4 Å². The van der Waals surface area contributed by atoms with E-state index in [1.807, 2.05) is 0 Å². The van der Waals surface area contributed by atoms with Crippen molar-refractivity contribution in [2.45, 2.75) is 19.0 Å². The van der Waals surface area contributed by atoms with Crippen LogP contribution >= 0.6 is 0 Å². The Morgan fingerprint density at radius 1 is 0.943 bits per heavy atom. The second-order valence-electron chi connectivity index (χ2n) is 7.43. The number of anilines is 1. The number of nitrogens with one attached hydrogen (secondary N) is 4. The van der Waals surface area contributed by atoms with Gasteiger partial charge in [-0.05, 0) is 47.5 Å². The predicted octanol–water partition coefficient (Wildman–Crippen LogP) is 2.35. The molecule has 2 aromatic heterocycles. The highest BCUT2D eigenvalue weighted by molar-refractivity contribution is 5.98. The maximum atomic E-state index is 12.5. The Labute approximate surface area is 204 Å². The molecule has 3 rings (SSSR count). The number of carboxylic acid groups (broad SMARTS) is 1. The number of rotatable bonds is 10. The summed E-state index contributed by atoms with van der Waals surface area (Å²) >= 11 is 0. The minimum atomic E-state index is -1.09. The molecule has 5 N–H and O–H groups in total. The van der Waals surface area contributed by atoms with E-state index in [1.165, 1.54) is 24.5 Å². The lowest BCUT2D eigenvalue weighted by atomic mass is 10.1. The van der Waals surface area contributed by atoms with Crippen molar-refractivity contribution in [1.82, 2.24) is 25.9 Å². The van der Waals surface area contributed by atoms with Gasteiger partial charge in [-0.25, -0.2) is 4.79 Å². The van der Waals surface area contributed by atoms with E-state index in [0.29, 0.717) is 17.8 Å². The predicted molar refractivity (Wildman–Crippen MR) is 130 cm³/mol. The number of amides is 4. The Kier molecular flexibility index (Phi) is 8.83. The lowest BCUT2D eigenvalue weighted by Crippen LogP contribution is -2.39. The maximum Gasteiger partial charge on any atom is 0.319 e. The first-order chi connectivity index (χ1) is 16.9. The van der Waals surface area contributed by atoms with E-state index < -0.39 is 29.9 Å². The summed E-state index contributed by atoms with van der Waals surface area (Å²) in [4.78, 5) is 56.0. The van der Waals surface area contributed by atoms with E-state index in [2.05, 4.69) is 31.2 Å². The van der Waals surface area contributed by atoms with Gasteiger partial charge in [0.15, 0.2) is 0 Å². The minimum Gasteiger partial charge on any atom is -0.481 e. The first kappa shape index (κ1) is 24.8. The lowest BCUT2D eigenvalue weighted by Gasteiger charge is -2.17. The Morgan fingerprint density at radius 3 is 2.46 bits per heavy atom. The lowest BCUT2D eigenvalue weighted by molar-refractivity contribution is -0.137. The average molecular weight is 481 g/mol. The summed E-state index contributed by atoms with van der Waals surface area (Å²) in [5.74, 6) is -2.17. The van der Waals surface area contributed by atoms with Crippen LogP contribution in [0, 0.1) is 0 Å². The van der Waals surface area contributed by atoms with Gasteiger partial charge in [0.25, 0.3) is 5.91 Å². The highest BCUT2D eigenvalue weighted by Crippen LogP contribution is 2.15. The van der Waals surface area contributed by atoms with Gasteiger partial charge in [0.2, 0.25) is 5.91 Å². The Bertz CT molecular complexity index is 1180. The molecule has 4 amide bonds. The molecule has 11 nitrogen and oxygen atoms in total. The molecule has 1 atom stereocenters. The minimum absolute atomic E-state index is 0. The van der Waals surface area contributed by atoms with Gasteiger partial charge in [0.1, 0.15) is 0 Å². The quantitative estimate of drug-likeness (QED) is 0.297. The summed E-state index contributed by atoms with van der Waals surface area (Å²) in [7, 11) is 0. The van der Waals surface area contributed by atoms with Crippen molar-refractivity contribution in [3.63, 3.8) is 0 Å². The van der Waals surface area contributed by atoms with Crippen molar-refractivity contribution >= 4 is 29.5 Å². The zero-order chi connectivity index (χ0) is 25.0.